The molecule has 1 aromatic carbocycles. The summed E-state index contributed by atoms with van der Waals surface area (Å²) in [7, 11) is 0. The normalized spacial score (nSPS) is 31.1. The van der Waals surface area contributed by atoms with Crippen LogP contribution in [0.2, 0.25) is 0 Å². The molecule has 1 N–H and O–H groups in total. The van der Waals surface area contributed by atoms with Gasteiger partial charge < -0.3 is 9.84 Å². The maximum absolute atomic E-state index is 9.75. The molecule has 3 heteroatoms. The van der Waals surface area contributed by atoms with E-state index in [1.165, 1.54) is 0 Å². The summed E-state index contributed by atoms with van der Waals surface area (Å²) in [5.74, 6) is -1.20. The zero-order valence-corrected chi connectivity index (χ0v) is 8.97. The Labute approximate surface area is 89.4 Å². The Morgan fingerprint density at radius 1 is 1.40 bits per heavy atom. The van der Waals surface area contributed by atoms with Gasteiger partial charge in [0.05, 0.1) is 18.4 Å². The molecule has 0 bridgehead atoms. The Morgan fingerprint density at radius 3 is 2.67 bits per heavy atom. The summed E-state index contributed by atoms with van der Waals surface area (Å²) in [6, 6.07) is 9.97. The van der Waals surface area contributed by atoms with Crippen LogP contribution in [-0.2, 0) is 4.74 Å². The second kappa shape index (κ2) is 3.76. The van der Waals surface area contributed by atoms with Crippen molar-refractivity contribution in [2.24, 2.45) is 4.99 Å². The highest BCUT2D eigenvalue weighted by molar-refractivity contribution is 5.89. The summed E-state index contributed by atoms with van der Waals surface area (Å²) >= 11 is 0. The van der Waals surface area contributed by atoms with E-state index in [9.17, 15) is 5.11 Å². The van der Waals surface area contributed by atoms with Crippen molar-refractivity contribution in [3.8, 4) is 0 Å². The van der Waals surface area contributed by atoms with Gasteiger partial charge >= 0.3 is 0 Å². The van der Waals surface area contributed by atoms with Crippen LogP contribution in [0.15, 0.2) is 35.3 Å². The molecule has 0 saturated heterocycles. The summed E-state index contributed by atoms with van der Waals surface area (Å²) in [6.07, 6.45) is 0. The molecule has 0 radical (unpaired) electrons. The van der Waals surface area contributed by atoms with E-state index in [1.807, 2.05) is 30.3 Å². The Morgan fingerprint density at radius 2 is 2.07 bits per heavy atom. The van der Waals surface area contributed by atoms with E-state index in [2.05, 4.69) is 4.99 Å². The van der Waals surface area contributed by atoms with E-state index in [0.717, 1.165) is 5.56 Å². The van der Waals surface area contributed by atoms with Gasteiger partial charge in [-0.3, -0.25) is 4.99 Å². The maximum Gasteiger partial charge on any atom is 0.202 e. The average Bonchev–Trinajstić information content (AvgIpc) is 2.23. The van der Waals surface area contributed by atoms with Gasteiger partial charge in [-0.25, -0.2) is 0 Å². The molecule has 1 aliphatic rings. The van der Waals surface area contributed by atoms with Gasteiger partial charge in [-0.15, -0.1) is 0 Å². The molecule has 80 valence electrons. The third-order valence-corrected chi connectivity index (χ3v) is 2.73. The first-order valence-electron chi connectivity index (χ1n) is 5.06. The quantitative estimate of drug-likeness (QED) is 0.761. The van der Waals surface area contributed by atoms with Gasteiger partial charge in [0.15, 0.2) is 0 Å². The minimum atomic E-state index is -1.20. The molecule has 0 saturated carbocycles. The van der Waals surface area contributed by atoms with E-state index in [-0.39, 0.29) is 6.04 Å². The standard InChI is InChI=1S/C12H15NO2/c1-9-12(2,14)15-8-11(13-9)10-6-4-3-5-7-10/h3-7,11,14H,8H2,1-2H3/t11-,12-/m0/s1. The van der Waals surface area contributed by atoms with Crippen molar-refractivity contribution < 1.29 is 9.84 Å². The third kappa shape index (κ3) is 2.08. The van der Waals surface area contributed by atoms with Crippen molar-refractivity contribution in [3.63, 3.8) is 0 Å². The van der Waals surface area contributed by atoms with E-state index >= 15 is 0 Å². The van der Waals surface area contributed by atoms with E-state index in [1.54, 1.807) is 13.8 Å². The molecule has 1 aliphatic heterocycles. The van der Waals surface area contributed by atoms with Crippen LogP contribution in [0.25, 0.3) is 0 Å². The molecule has 2 rings (SSSR count). The van der Waals surface area contributed by atoms with Gasteiger partial charge in [0.1, 0.15) is 0 Å². The van der Waals surface area contributed by atoms with Crippen molar-refractivity contribution >= 4 is 5.71 Å². The van der Waals surface area contributed by atoms with E-state index in [4.69, 9.17) is 4.74 Å². The smallest absolute Gasteiger partial charge is 0.202 e. The van der Waals surface area contributed by atoms with Gasteiger partial charge in [-0.2, -0.15) is 0 Å². The molecule has 0 spiro atoms. The topological polar surface area (TPSA) is 41.8 Å². The summed E-state index contributed by atoms with van der Waals surface area (Å²) in [6.45, 7) is 3.83. The van der Waals surface area contributed by atoms with Gasteiger partial charge in [-0.1, -0.05) is 30.3 Å². The Kier molecular flexibility index (Phi) is 2.59. The Balaban J connectivity index is 2.25. The van der Waals surface area contributed by atoms with Gasteiger partial charge in [0.2, 0.25) is 5.79 Å². The number of hydrogen-bond donors (Lipinski definition) is 1. The van der Waals surface area contributed by atoms with Crippen LogP contribution in [0, 0.1) is 0 Å². The number of aliphatic imine (C=N–C) groups is 1. The first-order valence-corrected chi connectivity index (χ1v) is 5.06. The van der Waals surface area contributed by atoms with Crippen LogP contribution >= 0.6 is 0 Å². The van der Waals surface area contributed by atoms with Gasteiger partial charge in [-0.05, 0) is 19.4 Å². The lowest BCUT2D eigenvalue weighted by Crippen LogP contribution is -2.41. The Bertz CT molecular complexity index is 370. The minimum Gasteiger partial charge on any atom is -0.361 e. The average molecular weight is 205 g/mol. The number of nitrogens with zero attached hydrogens (tertiary/aromatic N) is 1. The highest BCUT2D eigenvalue weighted by Gasteiger charge is 2.31. The lowest BCUT2D eigenvalue weighted by atomic mass is 10.1. The van der Waals surface area contributed by atoms with Crippen LogP contribution < -0.4 is 0 Å². The fraction of sp³-hybridized carbons (Fsp3) is 0.417. The van der Waals surface area contributed by atoms with Crippen LogP contribution in [0.5, 0.6) is 0 Å². The molecule has 15 heavy (non-hydrogen) atoms. The van der Waals surface area contributed by atoms with E-state index < -0.39 is 5.79 Å². The largest absolute Gasteiger partial charge is 0.361 e. The highest BCUT2D eigenvalue weighted by Crippen LogP contribution is 2.26. The molecule has 3 nitrogen and oxygen atoms in total. The van der Waals surface area contributed by atoms with Crippen LogP contribution in [-0.4, -0.2) is 23.2 Å². The molecule has 0 aliphatic carbocycles. The highest BCUT2D eigenvalue weighted by atomic mass is 16.6. The van der Waals surface area contributed by atoms with Crippen molar-refractivity contribution in [2.45, 2.75) is 25.7 Å². The zero-order chi connectivity index (χ0) is 10.9. The molecule has 0 unspecified atom stereocenters. The third-order valence-electron chi connectivity index (χ3n) is 2.73. The van der Waals surface area contributed by atoms with Crippen molar-refractivity contribution in [3.05, 3.63) is 35.9 Å². The van der Waals surface area contributed by atoms with Crippen molar-refractivity contribution in [1.29, 1.82) is 0 Å². The van der Waals surface area contributed by atoms with Crippen LogP contribution in [0.4, 0.5) is 0 Å². The second-order valence-corrected chi connectivity index (χ2v) is 3.93. The zero-order valence-electron chi connectivity index (χ0n) is 8.97. The van der Waals surface area contributed by atoms with Crippen molar-refractivity contribution in [1.82, 2.24) is 0 Å². The molecule has 0 fully saturated rings. The molecule has 0 amide bonds. The SMILES string of the molecule is CC1=N[C@H](c2ccccc2)CO[C@]1(C)O. The number of hydrogen-bond acceptors (Lipinski definition) is 3. The fourth-order valence-corrected chi connectivity index (χ4v) is 1.58. The summed E-state index contributed by atoms with van der Waals surface area (Å²) < 4.78 is 5.37. The van der Waals surface area contributed by atoms with Gasteiger partial charge in [0.25, 0.3) is 0 Å². The lowest BCUT2D eigenvalue weighted by molar-refractivity contribution is -0.147. The molecular formula is C12H15NO2. The predicted octanol–water partition coefficient (Wildman–Crippen LogP) is 1.93. The summed E-state index contributed by atoms with van der Waals surface area (Å²) in [5, 5.41) is 9.75. The molecule has 2 atom stereocenters. The Hall–Kier alpha value is -1.19. The molecular weight excluding hydrogens is 190 g/mol. The van der Waals surface area contributed by atoms with E-state index in [0.29, 0.717) is 12.3 Å². The molecule has 0 aromatic heterocycles. The number of benzene rings is 1. The summed E-state index contributed by atoms with van der Waals surface area (Å²) in [5.41, 5.74) is 1.75. The fourth-order valence-electron chi connectivity index (χ4n) is 1.58. The van der Waals surface area contributed by atoms with Crippen LogP contribution in [0.1, 0.15) is 25.5 Å². The van der Waals surface area contributed by atoms with Gasteiger partial charge in [0, 0.05) is 0 Å². The molecule has 1 heterocycles. The molecule has 1 aromatic rings. The monoisotopic (exact) mass is 205 g/mol. The number of rotatable bonds is 1. The number of aliphatic hydroxyl groups is 1. The lowest BCUT2D eigenvalue weighted by Gasteiger charge is -2.31. The second-order valence-electron chi connectivity index (χ2n) is 3.93. The number of ether oxygens (including phenoxy) is 1. The van der Waals surface area contributed by atoms with Crippen LogP contribution in [0.3, 0.4) is 0 Å². The summed E-state index contributed by atoms with van der Waals surface area (Å²) in [4.78, 5) is 4.45. The van der Waals surface area contributed by atoms with Crippen molar-refractivity contribution in [2.75, 3.05) is 6.61 Å². The first kappa shape index (κ1) is 10.3. The minimum absolute atomic E-state index is 0.00595. The first-order chi connectivity index (χ1) is 7.09. The maximum atomic E-state index is 9.75. The predicted molar refractivity (Wildman–Crippen MR) is 58.9 cm³/mol.